The first-order chi connectivity index (χ1) is 13.8. The van der Waals surface area contributed by atoms with Crippen LogP contribution in [-0.2, 0) is 0 Å². The predicted octanol–water partition coefficient (Wildman–Crippen LogP) is 5.95. The Balaban J connectivity index is 1.90. The van der Waals surface area contributed by atoms with E-state index >= 15 is 0 Å². The van der Waals surface area contributed by atoms with Crippen LogP contribution in [0.15, 0.2) is 36.5 Å². The first-order valence-electron chi connectivity index (χ1n) is 9.94. The predicted molar refractivity (Wildman–Crippen MR) is 110 cm³/mol. The number of anilines is 2. The number of benzene rings is 1. The first kappa shape index (κ1) is 21.0. The van der Waals surface area contributed by atoms with E-state index in [-0.39, 0.29) is 23.4 Å². The second kappa shape index (κ2) is 9.20. The lowest BCUT2D eigenvalue weighted by atomic mass is 9.85. The van der Waals surface area contributed by atoms with E-state index in [0.29, 0.717) is 18.2 Å². The zero-order chi connectivity index (χ0) is 21.0. The number of pyridine rings is 1. The molecule has 1 aliphatic carbocycles. The van der Waals surface area contributed by atoms with Crippen LogP contribution in [0.1, 0.15) is 50.3 Å². The van der Waals surface area contributed by atoms with Crippen molar-refractivity contribution in [2.45, 2.75) is 52.6 Å². The molecule has 2 aromatic rings. The Morgan fingerprint density at radius 2 is 2.03 bits per heavy atom. The molecule has 1 N–H and O–H groups in total. The smallest absolute Gasteiger partial charge is 0.387 e. The Kier molecular flexibility index (Phi) is 6.67. The number of hydrogen-bond donors (Lipinski definition) is 1. The third-order valence-electron chi connectivity index (χ3n) is 5.22. The molecule has 0 saturated heterocycles. The minimum Gasteiger partial charge on any atom is -0.432 e. The van der Waals surface area contributed by atoms with Crippen molar-refractivity contribution in [3.63, 3.8) is 0 Å². The molecule has 3 rings (SSSR count). The molecule has 1 aromatic carbocycles. The summed E-state index contributed by atoms with van der Waals surface area (Å²) in [5.41, 5.74) is 2.55. The number of carbonyl (C=O) groups is 1. The van der Waals surface area contributed by atoms with E-state index in [1.165, 1.54) is 18.7 Å². The van der Waals surface area contributed by atoms with Crippen molar-refractivity contribution in [2.24, 2.45) is 5.92 Å². The van der Waals surface area contributed by atoms with Crippen molar-refractivity contribution in [2.75, 3.05) is 16.8 Å². The SMILES string of the molecule is Cc1cc(OC(F)F)c(NC(=O)N(CC2CCC2)c2ccccc2C(C)C)cn1. The number of amides is 2. The van der Waals surface area contributed by atoms with Crippen LogP contribution < -0.4 is 15.0 Å². The van der Waals surface area contributed by atoms with Crippen LogP contribution in [-0.4, -0.2) is 24.2 Å². The summed E-state index contributed by atoms with van der Waals surface area (Å²) in [6.45, 7) is 3.43. The topological polar surface area (TPSA) is 54.5 Å². The molecule has 0 atom stereocenters. The van der Waals surface area contributed by atoms with E-state index in [4.69, 9.17) is 0 Å². The van der Waals surface area contributed by atoms with Crippen LogP contribution >= 0.6 is 0 Å². The van der Waals surface area contributed by atoms with Gasteiger partial charge in [-0.05, 0) is 43.2 Å². The summed E-state index contributed by atoms with van der Waals surface area (Å²) in [6.07, 6.45) is 4.68. The largest absolute Gasteiger partial charge is 0.432 e. The summed E-state index contributed by atoms with van der Waals surface area (Å²) >= 11 is 0. The van der Waals surface area contributed by atoms with Gasteiger partial charge in [-0.25, -0.2) is 4.79 Å². The minimum atomic E-state index is -2.99. The van der Waals surface area contributed by atoms with Gasteiger partial charge in [-0.1, -0.05) is 38.5 Å². The number of alkyl halides is 2. The molecule has 5 nitrogen and oxygen atoms in total. The molecule has 1 fully saturated rings. The Morgan fingerprint density at radius 3 is 2.66 bits per heavy atom. The third-order valence-corrected chi connectivity index (χ3v) is 5.22. The standard InChI is InChI=1S/C22H27F2N3O2/c1-14(2)17-9-4-5-10-19(17)27(13-16-7-6-8-16)22(28)26-18-12-25-15(3)11-20(18)29-21(23)24/h4-5,9-12,14,16,21H,6-8,13H2,1-3H3,(H,26,28). The molecular weight excluding hydrogens is 376 g/mol. The summed E-state index contributed by atoms with van der Waals surface area (Å²) in [5, 5.41) is 2.73. The number of ether oxygens (including phenoxy) is 1. The third kappa shape index (κ3) is 5.22. The van der Waals surface area contributed by atoms with Gasteiger partial charge in [0.05, 0.1) is 6.20 Å². The van der Waals surface area contributed by atoms with Crippen molar-refractivity contribution in [3.8, 4) is 5.75 Å². The van der Waals surface area contributed by atoms with Gasteiger partial charge in [-0.3, -0.25) is 9.88 Å². The summed E-state index contributed by atoms with van der Waals surface area (Å²) in [6, 6.07) is 8.81. The maximum Gasteiger partial charge on any atom is 0.387 e. The number of aryl methyl sites for hydroxylation is 1. The number of aromatic nitrogens is 1. The quantitative estimate of drug-likeness (QED) is 0.621. The normalized spacial score (nSPS) is 14.0. The van der Waals surface area contributed by atoms with Crippen LogP contribution in [0.4, 0.5) is 25.0 Å². The average molecular weight is 403 g/mol. The van der Waals surface area contributed by atoms with E-state index in [0.717, 1.165) is 24.1 Å². The van der Waals surface area contributed by atoms with Gasteiger partial charge in [-0.2, -0.15) is 8.78 Å². The number of urea groups is 1. The van der Waals surface area contributed by atoms with Crippen LogP contribution in [0.25, 0.3) is 0 Å². The number of nitrogens with zero attached hydrogens (tertiary/aromatic N) is 2. The van der Waals surface area contributed by atoms with Crippen LogP contribution in [0, 0.1) is 12.8 Å². The van der Waals surface area contributed by atoms with E-state index in [9.17, 15) is 13.6 Å². The number of rotatable bonds is 7. The molecule has 0 aliphatic heterocycles. The maximum absolute atomic E-state index is 13.2. The van der Waals surface area contributed by atoms with Crippen LogP contribution in [0.3, 0.4) is 0 Å². The molecule has 1 aromatic heterocycles. The first-order valence-corrected chi connectivity index (χ1v) is 9.94. The lowest BCUT2D eigenvalue weighted by Crippen LogP contribution is -2.41. The average Bonchev–Trinajstić information content (AvgIpc) is 2.62. The van der Waals surface area contributed by atoms with Crippen molar-refractivity contribution in [1.82, 2.24) is 4.98 Å². The fourth-order valence-electron chi connectivity index (χ4n) is 3.45. The molecule has 1 aliphatic rings. The van der Waals surface area contributed by atoms with Gasteiger partial charge in [-0.15, -0.1) is 0 Å². The van der Waals surface area contributed by atoms with Crippen LogP contribution in [0.5, 0.6) is 5.75 Å². The van der Waals surface area contributed by atoms with Crippen LogP contribution in [0.2, 0.25) is 0 Å². The van der Waals surface area contributed by atoms with E-state index in [1.54, 1.807) is 11.8 Å². The fraction of sp³-hybridized carbons (Fsp3) is 0.455. The molecule has 156 valence electrons. The number of hydrogen-bond acceptors (Lipinski definition) is 3. The molecule has 0 radical (unpaired) electrons. The Labute approximate surface area is 170 Å². The summed E-state index contributed by atoms with van der Waals surface area (Å²) in [4.78, 5) is 19.1. The van der Waals surface area contributed by atoms with E-state index < -0.39 is 6.61 Å². The Morgan fingerprint density at radius 1 is 1.31 bits per heavy atom. The van der Waals surface area contributed by atoms with Gasteiger partial charge in [0.1, 0.15) is 5.69 Å². The molecule has 0 bridgehead atoms. The summed E-state index contributed by atoms with van der Waals surface area (Å²) < 4.78 is 30.2. The fourth-order valence-corrected chi connectivity index (χ4v) is 3.45. The second-order valence-corrected chi connectivity index (χ2v) is 7.75. The lowest BCUT2D eigenvalue weighted by Gasteiger charge is -2.34. The number of carbonyl (C=O) groups excluding carboxylic acids is 1. The summed E-state index contributed by atoms with van der Waals surface area (Å²) in [5.74, 6) is 0.581. The van der Waals surface area contributed by atoms with Crippen molar-refractivity contribution >= 4 is 17.4 Å². The lowest BCUT2D eigenvalue weighted by molar-refractivity contribution is -0.0494. The molecule has 0 unspecified atom stereocenters. The molecule has 7 heteroatoms. The molecule has 1 saturated carbocycles. The highest BCUT2D eigenvalue weighted by Crippen LogP contribution is 2.34. The minimum absolute atomic E-state index is 0.0958. The van der Waals surface area contributed by atoms with Gasteiger partial charge in [0.15, 0.2) is 5.75 Å². The second-order valence-electron chi connectivity index (χ2n) is 7.75. The number of nitrogens with one attached hydrogen (secondary N) is 1. The molecular formula is C22H27F2N3O2. The van der Waals surface area contributed by atoms with Gasteiger partial charge in [0, 0.05) is 24.0 Å². The molecule has 0 spiro atoms. The number of halogens is 2. The van der Waals surface area contributed by atoms with Crippen molar-refractivity contribution in [1.29, 1.82) is 0 Å². The maximum atomic E-state index is 13.2. The highest BCUT2D eigenvalue weighted by Gasteiger charge is 2.27. The zero-order valence-corrected chi connectivity index (χ0v) is 17.0. The summed E-state index contributed by atoms with van der Waals surface area (Å²) in [7, 11) is 0. The van der Waals surface area contributed by atoms with Crippen molar-refractivity contribution in [3.05, 3.63) is 47.8 Å². The molecule has 29 heavy (non-hydrogen) atoms. The van der Waals surface area contributed by atoms with E-state index in [1.807, 2.05) is 24.3 Å². The highest BCUT2D eigenvalue weighted by atomic mass is 19.3. The van der Waals surface area contributed by atoms with Crippen molar-refractivity contribution < 1.29 is 18.3 Å². The van der Waals surface area contributed by atoms with Gasteiger partial charge in [0.25, 0.3) is 0 Å². The Bertz CT molecular complexity index is 854. The van der Waals surface area contributed by atoms with E-state index in [2.05, 4.69) is 28.9 Å². The van der Waals surface area contributed by atoms with Gasteiger partial charge < -0.3 is 10.1 Å². The molecule has 1 heterocycles. The monoisotopic (exact) mass is 403 g/mol. The molecule has 2 amide bonds. The highest BCUT2D eigenvalue weighted by molar-refractivity contribution is 6.03. The number of para-hydroxylation sites is 1. The van der Waals surface area contributed by atoms with Gasteiger partial charge >= 0.3 is 12.6 Å². The zero-order valence-electron chi connectivity index (χ0n) is 17.0. The Hall–Kier alpha value is -2.70. The van der Waals surface area contributed by atoms with Gasteiger partial charge in [0.2, 0.25) is 0 Å².